The molecule has 0 aromatic heterocycles. The minimum Gasteiger partial charge on any atom is -0.478 e. The first-order chi connectivity index (χ1) is 8.58. The molecule has 0 aliphatic heterocycles. The molecule has 0 amide bonds. The highest BCUT2D eigenvalue weighted by Crippen LogP contribution is 2.30. The van der Waals surface area contributed by atoms with E-state index >= 15 is 0 Å². The van der Waals surface area contributed by atoms with E-state index in [-0.39, 0.29) is 11.4 Å². The van der Waals surface area contributed by atoms with Crippen molar-refractivity contribution >= 4 is 17.7 Å². The average molecular weight is 262 g/mol. The quantitative estimate of drug-likeness (QED) is 0.909. The minimum absolute atomic E-state index is 0.271. The molecular weight excluding hydrogens is 251 g/mol. The zero-order chi connectivity index (χ0) is 13.1. The van der Waals surface area contributed by atoms with E-state index in [9.17, 15) is 9.18 Å². The van der Waals surface area contributed by atoms with Crippen molar-refractivity contribution in [3.63, 3.8) is 0 Å². The van der Waals surface area contributed by atoms with Crippen molar-refractivity contribution in [2.45, 2.75) is 16.7 Å². The van der Waals surface area contributed by atoms with Crippen LogP contribution in [-0.2, 0) is 0 Å². The normalized spacial score (nSPS) is 10.3. The number of carboxylic acids is 1. The molecule has 4 heteroatoms. The van der Waals surface area contributed by atoms with Gasteiger partial charge in [0, 0.05) is 9.79 Å². The summed E-state index contributed by atoms with van der Waals surface area (Å²) in [5.74, 6) is -1.22. The van der Waals surface area contributed by atoms with Crippen LogP contribution in [0.1, 0.15) is 15.9 Å². The van der Waals surface area contributed by atoms with Gasteiger partial charge in [0.15, 0.2) is 0 Å². The Labute approximate surface area is 108 Å². The Balaban J connectivity index is 2.29. The number of aromatic carboxylic acids is 1. The molecule has 2 nitrogen and oxygen atoms in total. The summed E-state index contributed by atoms with van der Waals surface area (Å²) in [7, 11) is 0. The van der Waals surface area contributed by atoms with Gasteiger partial charge in [-0.05, 0) is 42.8 Å². The molecule has 0 bridgehead atoms. The molecule has 0 spiro atoms. The van der Waals surface area contributed by atoms with E-state index in [0.717, 1.165) is 4.90 Å². The summed E-state index contributed by atoms with van der Waals surface area (Å²) in [6, 6.07) is 11.5. The summed E-state index contributed by atoms with van der Waals surface area (Å²) < 4.78 is 13.5. The smallest absolute Gasteiger partial charge is 0.335 e. The van der Waals surface area contributed by atoms with Crippen LogP contribution in [0.15, 0.2) is 52.3 Å². The van der Waals surface area contributed by atoms with Crippen molar-refractivity contribution in [2.75, 3.05) is 0 Å². The van der Waals surface area contributed by atoms with Crippen molar-refractivity contribution < 1.29 is 14.3 Å². The summed E-state index contributed by atoms with van der Waals surface area (Å²) in [4.78, 5) is 12.2. The van der Waals surface area contributed by atoms with E-state index < -0.39 is 5.97 Å². The molecule has 0 unspecified atom stereocenters. The topological polar surface area (TPSA) is 37.3 Å². The van der Waals surface area contributed by atoms with Gasteiger partial charge in [0.05, 0.1) is 5.56 Å². The van der Waals surface area contributed by atoms with Gasteiger partial charge in [-0.25, -0.2) is 9.18 Å². The number of aryl methyl sites for hydroxylation is 1. The Hall–Kier alpha value is -1.81. The summed E-state index contributed by atoms with van der Waals surface area (Å²) in [5.41, 5.74) is 0.941. The second-order valence-electron chi connectivity index (χ2n) is 3.81. The fourth-order valence-corrected chi connectivity index (χ4v) is 2.53. The van der Waals surface area contributed by atoms with Crippen LogP contribution in [0.2, 0.25) is 0 Å². The molecule has 0 atom stereocenters. The number of halogens is 1. The number of rotatable bonds is 3. The maximum absolute atomic E-state index is 13.5. The van der Waals surface area contributed by atoms with Crippen LogP contribution in [0.5, 0.6) is 0 Å². The molecule has 0 radical (unpaired) electrons. The van der Waals surface area contributed by atoms with Crippen molar-refractivity contribution in [3.05, 3.63) is 59.4 Å². The lowest BCUT2D eigenvalue weighted by molar-refractivity contribution is 0.0696. The van der Waals surface area contributed by atoms with Gasteiger partial charge in [0.25, 0.3) is 0 Å². The van der Waals surface area contributed by atoms with Gasteiger partial charge in [-0.1, -0.05) is 23.9 Å². The molecule has 2 aromatic rings. The number of hydrogen-bond acceptors (Lipinski definition) is 2. The Bertz CT molecular complexity index is 596. The molecule has 0 aliphatic rings. The van der Waals surface area contributed by atoms with Gasteiger partial charge in [0.1, 0.15) is 5.82 Å². The zero-order valence-electron chi connectivity index (χ0n) is 9.68. The molecule has 1 N–H and O–H groups in total. The number of benzene rings is 2. The molecule has 18 heavy (non-hydrogen) atoms. The molecule has 0 aliphatic carbocycles. The highest BCUT2D eigenvalue weighted by molar-refractivity contribution is 7.99. The number of hydrogen-bond donors (Lipinski definition) is 1. The molecule has 0 saturated carbocycles. The molecule has 0 heterocycles. The lowest BCUT2D eigenvalue weighted by Gasteiger charge is -2.06. The maximum Gasteiger partial charge on any atom is 0.335 e. The van der Waals surface area contributed by atoms with Crippen LogP contribution in [-0.4, -0.2) is 11.1 Å². The van der Waals surface area contributed by atoms with Gasteiger partial charge in [0.2, 0.25) is 0 Å². The Morgan fingerprint density at radius 1 is 1.22 bits per heavy atom. The van der Waals surface area contributed by atoms with E-state index in [1.165, 1.54) is 17.8 Å². The molecular formula is C14H11FO2S. The standard InChI is InChI=1S/C14H11FO2S/c1-9-8-10(6-7-11(9)14(16)17)18-13-5-3-2-4-12(13)15/h2-8H,1H3,(H,16,17). The second-order valence-corrected chi connectivity index (χ2v) is 4.93. The van der Waals surface area contributed by atoms with E-state index in [1.54, 1.807) is 43.3 Å². The Kier molecular flexibility index (Phi) is 3.67. The van der Waals surface area contributed by atoms with Crippen LogP contribution >= 0.6 is 11.8 Å². The van der Waals surface area contributed by atoms with E-state index in [2.05, 4.69) is 0 Å². The second kappa shape index (κ2) is 5.23. The predicted molar refractivity (Wildman–Crippen MR) is 68.7 cm³/mol. The third-order valence-corrected chi connectivity index (χ3v) is 3.53. The van der Waals surface area contributed by atoms with Crippen molar-refractivity contribution in [3.8, 4) is 0 Å². The Morgan fingerprint density at radius 3 is 2.56 bits per heavy atom. The Morgan fingerprint density at radius 2 is 1.94 bits per heavy atom. The predicted octanol–water partition coefficient (Wildman–Crippen LogP) is 3.98. The van der Waals surface area contributed by atoms with Crippen molar-refractivity contribution in [1.82, 2.24) is 0 Å². The van der Waals surface area contributed by atoms with Gasteiger partial charge in [-0.15, -0.1) is 0 Å². The lowest BCUT2D eigenvalue weighted by Crippen LogP contribution is -1.99. The highest BCUT2D eigenvalue weighted by Gasteiger charge is 2.09. The van der Waals surface area contributed by atoms with Gasteiger partial charge in [-0.2, -0.15) is 0 Å². The minimum atomic E-state index is -0.949. The fraction of sp³-hybridized carbons (Fsp3) is 0.0714. The summed E-state index contributed by atoms with van der Waals surface area (Å²) >= 11 is 1.28. The van der Waals surface area contributed by atoms with Crippen LogP contribution < -0.4 is 0 Å². The first-order valence-corrected chi connectivity index (χ1v) is 6.16. The van der Waals surface area contributed by atoms with Crippen molar-refractivity contribution in [1.29, 1.82) is 0 Å². The lowest BCUT2D eigenvalue weighted by atomic mass is 10.1. The molecule has 92 valence electrons. The molecule has 0 fully saturated rings. The summed E-state index contributed by atoms with van der Waals surface area (Å²) in [6.45, 7) is 1.73. The third kappa shape index (κ3) is 2.71. The SMILES string of the molecule is Cc1cc(Sc2ccccc2F)ccc1C(=O)O. The van der Waals surface area contributed by atoms with Gasteiger partial charge < -0.3 is 5.11 Å². The van der Waals surface area contributed by atoms with Crippen LogP contribution in [0.3, 0.4) is 0 Å². The summed E-state index contributed by atoms with van der Waals surface area (Å²) in [6.07, 6.45) is 0. The van der Waals surface area contributed by atoms with Crippen LogP contribution in [0, 0.1) is 12.7 Å². The molecule has 2 rings (SSSR count). The average Bonchev–Trinajstić information content (AvgIpc) is 2.32. The van der Waals surface area contributed by atoms with Gasteiger partial charge >= 0.3 is 5.97 Å². The van der Waals surface area contributed by atoms with E-state index in [1.807, 2.05) is 0 Å². The maximum atomic E-state index is 13.5. The van der Waals surface area contributed by atoms with Crippen LogP contribution in [0.25, 0.3) is 0 Å². The van der Waals surface area contributed by atoms with E-state index in [4.69, 9.17) is 5.11 Å². The van der Waals surface area contributed by atoms with Crippen LogP contribution in [0.4, 0.5) is 4.39 Å². The largest absolute Gasteiger partial charge is 0.478 e. The van der Waals surface area contributed by atoms with E-state index in [0.29, 0.717) is 10.5 Å². The highest BCUT2D eigenvalue weighted by atomic mass is 32.2. The van der Waals surface area contributed by atoms with Crippen molar-refractivity contribution in [2.24, 2.45) is 0 Å². The molecule has 0 saturated heterocycles. The number of carboxylic acid groups (broad SMARTS) is 1. The monoisotopic (exact) mass is 262 g/mol. The first-order valence-electron chi connectivity index (χ1n) is 5.34. The first kappa shape index (κ1) is 12.6. The summed E-state index contributed by atoms with van der Waals surface area (Å²) in [5, 5.41) is 8.92. The molecule has 2 aromatic carbocycles. The number of carbonyl (C=O) groups is 1. The van der Waals surface area contributed by atoms with Gasteiger partial charge in [-0.3, -0.25) is 0 Å². The fourth-order valence-electron chi connectivity index (χ4n) is 1.59. The zero-order valence-corrected chi connectivity index (χ0v) is 10.5. The third-order valence-electron chi connectivity index (χ3n) is 2.49.